The standard InChI is InChI=1S/C11H13ClN2O2/c12-10-4-8(6-15)5-11(14-10)13-9-2-1-3-16-7-9/h4-6,9H,1-3,7H2,(H,13,14). The molecule has 1 aliphatic rings. The SMILES string of the molecule is O=Cc1cc(Cl)nc(NC2CCCOC2)c1. The molecule has 2 rings (SSSR count). The summed E-state index contributed by atoms with van der Waals surface area (Å²) in [4.78, 5) is 14.8. The van der Waals surface area contributed by atoms with E-state index in [1.54, 1.807) is 6.07 Å². The maximum atomic E-state index is 10.7. The molecule has 1 aromatic heterocycles. The van der Waals surface area contributed by atoms with E-state index in [2.05, 4.69) is 10.3 Å². The van der Waals surface area contributed by atoms with Gasteiger partial charge in [-0.1, -0.05) is 11.6 Å². The number of nitrogens with zero attached hydrogens (tertiary/aromatic N) is 1. The number of halogens is 1. The first kappa shape index (κ1) is 11.4. The molecule has 0 aromatic carbocycles. The summed E-state index contributed by atoms with van der Waals surface area (Å²) in [7, 11) is 0. The fourth-order valence-corrected chi connectivity index (χ4v) is 1.94. The van der Waals surface area contributed by atoms with E-state index in [1.807, 2.05) is 0 Å². The summed E-state index contributed by atoms with van der Waals surface area (Å²) in [6.07, 6.45) is 2.85. The Morgan fingerprint density at radius 2 is 2.44 bits per heavy atom. The topological polar surface area (TPSA) is 51.2 Å². The van der Waals surface area contributed by atoms with Crippen LogP contribution in [0, 0.1) is 0 Å². The highest BCUT2D eigenvalue weighted by Crippen LogP contribution is 2.16. The molecular weight excluding hydrogens is 228 g/mol. The quantitative estimate of drug-likeness (QED) is 0.650. The van der Waals surface area contributed by atoms with Gasteiger partial charge >= 0.3 is 0 Å². The Bertz CT molecular complexity index is 378. The van der Waals surface area contributed by atoms with Crippen LogP contribution in [0.15, 0.2) is 12.1 Å². The largest absolute Gasteiger partial charge is 0.379 e. The van der Waals surface area contributed by atoms with Crippen molar-refractivity contribution >= 4 is 23.7 Å². The average Bonchev–Trinajstić information content (AvgIpc) is 2.29. The molecule has 4 nitrogen and oxygen atoms in total. The molecule has 1 unspecified atom stereocenters. The molecular formula is C11H13ClN2O2. The summed E-state index contributed by atoms with van der Waals surface area (Å²) in [5.74, 6) is 0.630. The Morgan fingerprint density at radius 3 is 3.12 bits per heavy atom. The Balaban J connectivity index is 2.07. The van der Waals surface area contributed by atoms with Gasteiger partial charge < -0.3 is 10.1 Å². The fraction of sp³-hybridized carbons (Fsp3) is 0.455. The number of anilines is 1. The van der Waals surface area contributed by atoms with Crippen molar-refractivity contribution in [2.45, 2.75) is 18.9 Å². The molecule has 0 spiro atoms. The number of hydrogen-bond donors (Lipinski definition) is 1. The van der Waals surface area contributed by atoms with Gasteiger partial charge in [0, 0.05) is 12.2 Å². The lowest BCUT2D eigenvalue weighted by Crippen LogP contribution is -2.30. The molecule has 0 aliphatic carbocycles. The first-order chi connectivity index (χ1) is 7.78. The third-order valence-electron chi connectivity index (χ3n) is 2.46. The normalized spacial score (nSPS) is 20.4. The van der Waals surface area contributed by atoms with E-state index in [0.29, 0.717) is 23.1 Å². The Labute approximate surface area is 99.0 Å². The van der Waals surface area contributed by atoms with Gasteiger partial charge in [0.05, 0.1) is 12.6 Å². The third-order valence-corrected chi connectivity index (χ3v) is 2.66. The highest BCUT2D eigenvalue weighted by Gasteiger charge is 2.14. The lowest BCUT2D eigenvalue weighted by molar-refractivity contribution is 0.0875. The number of ether oxygens (including phenoxy) is 1. The van der Waals surface area contributed by atoms with Crippen molar-refractivity contribution in [2.75, 3.05) is 18.5 Å². The number of carbonyl (C=O) groups is 1. The number of hydrogen-bond acceptors (Lipinski definition) is 4. The number of aromatic nitrogens is 1. The van der Waals surface area contributed by atoms with Gasteiger partial charge in [-0.05, 0) is 25.0 Å². The summed E-state index contributed by atoms with van der Waals surface area (Å²) in [5.41, 5.74) is 0.527. The Hall–Kier alpha value is -1.13. The molecule has 0 bridgehead atoms. The number of carbonyl (C=O) groups excluding carboxylic acids is 1. The van der Waals surface area contributed by atoms with Crippen LogP contribution in [0.4, 0.5) is 5.82 Å². The van der Waals surface area contributed by atoms with Crippen LogP contribution in [-0.4, -0.2) is 30.5 Å². The van der Waals surface area contributed by atoms with Crippen LogP contribution in [0.25, 0.3) is 0 Å². The molecule has 0 saturated carbocycles. The highest BCUT2D eigenvalue weighted by molar-refractivity contribution is 6.29. The molecule has 1 atom stereocenters. The molecule has 0 radical (unpaired) electrons. The lowest BCUT2D eigenvalue weighted by atomic mass is 10.1. The van der Waals surface area contributed by atoms with Gasteiger partial charge in [0.25, 0.3) is 0 Å². The van der Waals surface area contributed by atoms with E-state index < -0.39 is 0 Å². The van der Waals surface area contributed by atoms with Crippen LogP contribution >= 0.6 is 11.6 Å². The molecule has 0 amide bonds. The molecule has 16 heavy (non-hydrogen) atoms. The van der Waals surface area contributed by atoms with E-state index in [9.17, 15) is 4.79 Å². The average molecular weight is 241 g/mol. The second kappa shape index (κ2) is 5.27. The van der Waals surface area contributed by atoms with Gasteiger partial charge in [0.2, 0.25) is 0 Å². The molecule has 1 aromatic rings. The van der Waals surface area contributed by atoms with E-state index in [4.69, 9.17) is 16.3 Å². The number of rotatable bonds is 3. The fourth-order valence-electron chi connectivity index (χ4n) is 1.72. The summed E-state index contributed by atoms with van der Waals surface area (Å²) in [6, 6.07) is 3.48. The van der Waals surface area contributed by atoms with E-state index in [-0.39, 0.29) is 6.04 Å². The van der Waals surface area contributed by atoms with Crippen molar-refractivity contribution in [1.29, 1.82) is 0 Å². The van der Waals surface area contributed by atoms with Crippen LogP contribution in [-0.2, 0) is 4.74 Å². The van der Waals surface area contributed by atoms with Crippen LogP contribution < -0.4 is 5.32 Å². The minimum Gasteiger partial charge on any atom is -0.379 e. The monoisotopic (exact) mass is 240 g/mol. The van der Waals surface area contributed by atoms with Crippen molar-refractivity contribution in [1.82, 2.24) is 4.98 Å². The molecule has 86 valence electrons. The Kier molecular flexibility index (Phi) is 3.74. The number of pyridine rings is 1. The maximum absolute atomic E-state index is 10.7. The second-order valence-electron chi connectivity index (χ2n) is 3.78. The van der Waals surface area contributed by atoms with Crippen molar-refractivity contribution in [3.8, 4) is 0 Å². The minimum absolute atomic E-state index is 0.249. The zero-order chi connectivity index (χ0) is 11.4. The molecule has 5 heteroatoms. The smallest absolute Gasteiger partial charge is 0.150 e. The van der Waals surface area contributed by atoms with Crippen LogP contribution in [0.2, 0.25) is 5.15 Å². The molecule has 1 fully saturated rings. The van der Waals surface area contributed by atoms with E-state index in [1.165, 1.54) is 6.07 Å². The van der Waals surface area contributed by atoms with Crippen LogP contribution in [0.5, 0.6) is 0 Å². The first-order valence-electron chi connectivity index (χ1n) is 5.25. The minimum atomic E-state index is 0.249. The van der Waals surface area contributed by atoms with Crippen LogP contribution in [0.3, 0.4) is 0 Å². The molecule has 1 saturated heterocycles. The summed E-state index contributed by atoms with van der Waals surface area (Å²) < 4.78 is 5.35. The van der Waals surface area contributed by atoms with Gasteiger partial charge in [-0.15, -0.1) is 0 Å². The molecule has 2 heterocycles. The molecule has 1 N–H and O–H groups in total. The van der Waals surface area contributed by atoms with Crippen molar-refractivity contribution < 1.29 is 9.53 Å². The van der Waals surface area contributed by atoms with Gasteiger partial charge in [-0.3, -0.25) is 4.79 Å². The summed E-state index contributed by atoms with van der Waals surface area (Å²) >= 11 is 5.81. The highest BCUT2D eigenvalue weighted by atomic mass is 35.5. The molecule has 1 aliphatic heterocycles. The summed E-state index contributed by atoms with van der Waals surface area (Å²) in [5, 5.41) is 3.54. The number of nitrogens with one attached hydrogen (secondary N) is 1. The maximum Gasteiger partial charge on any atom is 0.150 e. The Morgan fingerprint density at radius 1 is 1.56 bits per heavy atom. The van der Waals surface area contributed by atoms with E-state index in [0.717, 1.165) is 25.7 Å². The second-order valence-corrected chi connectivity index (χ2v) is 4.17. The van der Waals surface area contributed by atoms with Crippen molar-refractivity contribution in [3.05, 3.63) is 22.8 Å². The van der Waals surface area contributed by atoms with Gasteiger partial charge in [0.1, 0.15) is 17.3 Å². The summed E-state index contributed by atoms with van der Waals surface area (Å²) in [6.45, 7) is 1.49. The first-order valence-corrected chi connectivity index (χ1v) is 5.63. The zero-order valence-corrected chi connectivity index (χ0v) is 9.54. The van der Waals surface area contributed by atoms with Crippen molar-refractivity contribution in [2.24, 2.45) is 0 Å². The third kappa shape index (κ3) is 2.93. The number of aldehydes is 1. The van der Waals surface area contributed by atoms with E-state index >= 15 is 0 Å². The van der Waals surface area contributed by atoms with Crippen LogP contribution in [0.1, 0.15) is 23.2 Å². The lowest BCUT2D eigenvalue weighted by Gasteiger charge is -2.23. The predicted molar refractivity (Wildman–Crippen MR) is 62.1 cm³/mol. The van der Waals surface area contributed by atoms with Gasteiger partial charge in [0.15, 0.2) is 0 Å². The van der Waals surface area contributed by atoms with Gasteiger partial charge in [-0.2, -0.15) is 0 Å². The van der Waals surface area contributed by atoms with Gasteiger partial charge in [-0.25, -0.2) is 4.98 Å². The van der Waals surface area contributed by atoms with Crippen molar-refractivity contribution in [3.63, 3.8) is 0 Å². The zero-order valence-electron chi connectivity index (χ0n) is 8.78. The predicted octanol–water partition coefficient (Wildman–Crippen LogP) is 2.14.